The Labute approximate surface area is 213 Å². The minimum Gasteiger partial charge on any atom is -0.326 e. The summed E-state index contributed by atoms with van der Waals surface area (Å²) in [5, 5.41) is 0.474. The number of unbranched alkanes of at least 4 members (excludes halogenated alkanes) is 1. The van der Waals surface area contributed by atoms with Gasteiger partial charge in [-0.2, -0.15) is 0 Å². The largest absolute Gasteiger partial charge is 0.326 e. The van der Waals surface area contributed by atoms with Gasteiger partial charge in [0.1, 0.15) is 11.6 Å². The van der Waals surface area contributed by atoms with Gasteiger partial charge in [0, 0.05) is 35.8 Å². The van der Waals surface area contributed by atoms with E-state index in [4.69, 9.17) is 16.6 Å². The highest BCUT2D eigenvalue weighted by molar-refractivity contribution is 6.31. The summed E-state index contributed by atoms with van der Waals surface area (Å²) in [6.45, 7) is 7.61. The highest BCUT2D eigenvalue weighted by Gasteiger charge is 2.22. The Morgan fingerprint density at radius 2 is 1.54 bits per heavy atom. The van der Waals surface area contributed by atoms with Crippen molar-refractivity contribution < 1.29 is 4.39 Å². The number of benzene rings is 3. The molecule has 0 atom stereocenters. The van der Waals surface area contributed by atoms with Gasteiger partial charge >= 0.3 is 0 Å². The highest BCUT2D eigenvalue weighted by Crippen LogP contribution is 2.31. The maximum absolute atomic E-state index is 13.7. The zero-order valence-electron chi connectivity index (χ0n) is 20.6. The fourth-order valence-electron chi connectivity index (χ4n) is 4.44. The maximum atomic E-state index is 13.7. The molecule has 3 aromatic carbocycles. The van der Waals surface area contributed by atoms with Crippen LogP contribution in [0.2, 0.25) is 5.02 Å². The Kier molecular flexibility index (Phi) is 8.73. The molecule has 0 aliphatic rings. The summed E-state index contributed by atoms with van der Waals surface area (Å²) in [4.78, 5) is 7.61. The second-order valence-electron chi connectivity index (χ2n) is 8.91. The van der Waals surface area contributed by atoms with Crippen molar-refractivity contribution in [2.45, 2.75) is 52.7 Å². The number of halogens is 2. The quantitative estimate of drug-likeness (QED) is 0.211. The second-order valence-corrected chi connectivity index (χ2v) is 9.32. The summed E-state index contributed by atoms with van der Waals surface area (Å²) in [7, 11) is 0. The van der Waals surface area contributed by atoms with Crippen LogP contribution in [-0.4, -0.2) is 21.0 Å². The van der Waals surface area contributed by atoms with Crippen molar-refractivity contribution in [1.82, 2.24) is 14.5 Å². The molecule has 0 fully saturated rings. The van der Waals surface area contributed by atoms with Gasteiger partial charge in [-0.1, -0.05) is 98.6 Å². The standard InChI is InChI=1S/C30H33ClFN3/c1-3-5-19-34(21-25-16-17-26(32)20-27(25)31)22-28-29(23-12-8-6-9-13-23)33-30(35(28)18-4-2)24-14-10-7-11-15-24/h6-17,20H,3-5,18-19,21-22H2,1-2H3. The van der Waals surface area contributed by atoms with E-state index in [0.717, 1.165) is 67.1 Å². The van der Waals surface area contributed by atoms with Crippen molar-refractivity contribution in [3.63, 3.8) is 0 Å². The molecule has 1 heterocycles. The van der Waals surface area contributed by atoms with Crippen LogP contribution < -0.4 is 0 Å². The first-order chi connectivity index (χ1) is 17.1. The van der Waals surface area contributed by atoms with E-state index in [0.29, 0.717) is 11.6 Å². The summed E-state index contributed by atoms with van der Waals surface area (Å²) in [5.41, 5.74) is 5.39. The molecule has 4 rings (SSSR count). The van der Waals surface area contributed by atoms with Gasteiger partial charge in [-0.3, -0.25) is 4.90 Å². The van der Waals surface area contributed by atoms with E-state index in [-0.39, 0.29) is 5.82 Å². The molecule has 0 bridgehead atoms. The molecule has 5 heteroatoms. The molecule has 0 amide bonds. The van der Waals surface area contributed by atoms with Gasteiger partial charge in [-0.15, -0.1) is 0 Å². The Hall–Kier alpha value is -2.95. The Balaban J connectivity index is 1.79. The topological polar surface area (TPSA) is 21.1 Å². The number of imidazole rings is 1. The number of hydrogen-bond acceptors (Lipinski definition) is 2. The van der Waals surface area contributed by atoms with E-state index in [1.165, 1.54) is 17.8 Å². The van der Waals surface area contributed by atoms with Crippen molar-refractivity contribution in [3.8, 4) is 22.6 Å². The summed E-state index contributed by atoms with van der Waals surface area (Å²) in [6, 6.07) is 25.5. The van der Waals surface area contributed by atoms with E-state index in [9.17, 15) is 4.39 Å². The Bertz CT molecular complexity index is 1220. The lowest BCUT2D eigenvalue weighted by Crippen LogP contribution is -2.26. The van der Waals surface area contributed by atoms with Crippen LogP contribution in [0.3, 0.4) is 0 Å². The van der Waals surface area contributed by atoms with Gasteiger partial charge in [0.15, 0.2) is 0 Å². The molecule has 35 heavy (non-hydrogen) atoms. The third-order valence-electron chi connectivity index (χ3n) is 6.21. The van der Waals surface area contributed by atoms with Gasteiger partial charge in [0.2, 0.25) is 0 Å². The normalized spacial score (nSPS) is 11.3. The molecule has 0 radical (unpaired) electrons. The second kappa shape index (κ2) is 12.1. The molecule has 3 nitrogen and oxygen atoms in total. The number of aromatic nitrogens is 2. The minimum atomic E-state index is -0.307. The van der Waals surface area contributed by atoms with E-state index in [1.54, 1.807) is 6.07 Å². The molecular formula is C30H33ClFN3. The van der Waals surface area contributed by atoms with E-state index in [1.807, 2.05) is 12.1 Å². The van der Waals surface area contributed by atoms with E-state index in [2.05, 4.69) is 71.8 Å². The van der Waals surface area contributed by atoms with Gasteiger partial charge < -0.3 is 4.57 Å². The minimum absolute atomic E-state index is 0.307. The van der Waals surface area contributed by atoms with Crippen LogP contribution >= 0.6 is 11.6 Å². The molecule has 0 saturated heterocycles. The van der Waals surface area contributed by atoms with Crippen LogP contribution in [0.5, 0.6) is 0 Å². The zero-order chi connectivity index (χ0) is 24.6. The van der Waals surface area contributed by atoms with Crippen LogP contribution in [0, 0.1) is 5.82 Å². The smallest absolute Gasteiger partial charge is 0.140 e. The monoisotopic (exact) mass is 489 g/mol. The average Bonchev–Trinajstić information content (AvgIpc) is 3.23. The lowest BCUT2D eigenvalue weighted by atomic mass is 10.1. The zero-order valence-corrected chi connectivity index (χ0v) is 21.3. The highest BCUT2D eigenvalue weighted by atomic mass is 35.5. The van der Waals surface area contributed by atoms with Crippen LogP contribution in [0.15, 0.2) is 78.9 Å². The van der Waals surface area contributed by atoms with Crippen molar-refractivity contribution in [2.24, 2.45) is 0 Å². The molecular weight excluding hydrogens is 457 g/mol. The van der Waals surface area contributed by atoms with Crippen molar-refractivity contribution >= 4 is 11.6 Å². The SMILES string of the molecule is CCCCN(Cc1ccc(F)cc1Cl)Cc1c(-c2ccccc2)nc(-c2ccccc2)n1CCC. The van der Waals surface area contributed by atoms with Gasteiger partial charge in [-0.05, 0) is 37.1 Å². The van der Waals surface area contributed by atoms with Crippen molar-refractivity contribution in [1.29, 1.82) is 0 Å². The first-order valence-electron chi connectivity index (χ1n) is 12.5. The molecule has 0 N–H and O–H groups in total. The van der Waals surface area contributed by atoms with Crippen LogP contribution in [0.4, 0.5) is 4.39 Å². The van der Waals surface area contributed by atoms with Gasteiger partial charge in [-0.25, -0.2) is 9.37 Å². The predicted octanol–water partition coefficient (Wildman–Crippen LogP) is 8.22. The van der Waals surface area contributed by atoms with Crippen LogP contribution in [0.1, 0.15) is 44.4 Å². The molecule has 0 saturated carbocycles. The third-order valence-corrected chi connectivity index (χ3v) is 6.56. The molecule has 0 aliphatic carbocycles. The molecule has 1 aromatic heterocycles. The van der Waals surface area contributed by atoms with Crippen molar-refractivity contribution in [3.05, 3.63) is 101 Å². The van der Waals surface area contributed by atoms with Crippen LogP contribution in [0.25, 0.3) is 22.6 Å². The summed E-state index contributed by atoms with van der Waals surface area (Å²) in [6.07, 6.45) is 3.19. The van der Waals surface area contributed by atoms with E-state index < -0.39 is 0 Å². The summed E-state index contributed by atoms with van der Waals surface area (Å²) in [5.74, 6) is 0.690. The predicted molar refractivity (Wildman–Crippen MR) is 144 cm³/mol. The lowest BCUT2D eigenvalue weighted by molar-refractivity contribution is 0.246. The number of hydrogen-bond donors (Lipinski definition) is 0. The molecule has 4 aromatic rings. The number of nitrogens with zero attached hydrogens (tertiary/aromatic N) is 3. The lowest BCUT2D eigenvalue weighted by Gasteiger charge is -2.24. The van der Waals surface area contributed by atoms with Crippen LogP contribution in [-0.2, 0) is 19.6 Å². The Morgan fingerprint density at radius 3 is 2.17 bits per heavy atom. The summed E-state index contributed by atoms with van der Waals surface area (Å²) < 4.78 is 16.0. The molecule has 182 valence electrons. The van der Waals surface area contributed by atoms with Crippen molar-refractivity contribution in [2.75, 3.05) is 6.54 Å². The molecule has 0 aliphatic heterocycles. The third kappa shape index (κ3) is 6.19. The average molecular weight is 490 g/mol. The van der Waals surface area contributed by atoms with E-state index >= 15 is 0 Å². The fraction of sp³-hybridized carbons (Fsp3) is 0.300. The first kappa shape index (κ1) is 25.2. The summed E-state index contributed by atoms with van der Waals surface area (Å²) >= 11 is 6.42. The fourth-order valence-corrected chi connectivity index (χ4v) is 4.67. The van der Waals surface area contributed by atoms with Gasteiger partial charge in [0.05, 0.1) is 11.4 Å². The number of rotatable bonds is 11. The van der Waals surface area contributed by atoms with Gasteiger partial charge in [0.25, 0.3) is 0 Å². The first-order valence-corrected chi connectivity index (χ1v) is 12.8. The maximum Gasteiger partial charge on any atom is 0.140 e. The molecule has 0 unspecified atom stereocenters. The Morgan fingerprint density at radius 1 is 0.857 bits per heavy atom. The molecule has 0 spiro atoms.